The van der Waals surface area contributed by atoms with Gasteiger partial charge in [0, 0.05) is 12.1 Å². The van der Waals surface area contributed by atoms with Gasteiger partial charge in [-0.3, -0.25) is 0 Å². The van der Waals surface area contributed by atoms with Crippen molar-refractivity contribution >= 4 is 11.9 Å². The maximum absolute atomic E-state index is 12.8. The fraction of sp³-hybridized carbons (Fsp3) is 0.704. The van der Waals surface area contributed by atoms with Gasteiger partial charge >= 0.3 is 11.9 Å². The third-order valence-electron chi connectivity index (χ3n) is 23.5. The van der Waals surface area contributed by atoms with Gasteiger partial charge in [0.2, 0.25) is 11.5 Å². The van der Waals surface area contributed by atoms with E-state index in [9.17, 15) is 19.8 Å². The van der Waals surface area contributed by atoms with Gasteiger partial charge in [-0.15, -0.1) is 0 Å². The molecule has 0 saturated carbocycles. The topological polar surface area (TPSA) is 167 Å². The summed E-state index contributed by atoms with van der Waals surface area (Å²) in [5, 5.41) is 20.9. The van der Waals surface area contributed by atoms with E-state index in [2.05, 4.69) is 41.5 Å². The Morgan fingerprint density at radius 3 is 0.582 bits per heavy atom. The van der Waals surface area contributed by atoms with Crippen molar-refractivity contribution in [1.29, 1.82) is 0 Å². The van der Waals surface area contributed by atoms with Crippen molar-refractivity contribution in [2.75, 3.05) is 39.6 Å². The number of hydrogen-bond acceptors (Lipinski definition) is 12. The standard InChI is InChI=1S/C108H174O14/c1-7-13-19-25-31-37-43-49-55-61-70-113-101-77-93(78-102(114-71-62-56-50-44-38-32-26-20-14-8-2)105(101)117-74-65-59-53-47-41-35-29-23-17-11-5)89-121-99-83-95(107(109)110)81-97(85-99)119-87-91-68-67-69-92(76-91)88-120-98-82-96(108(111)112)84-100(86-98)122-90-94-79-103(115-72-63-57-51-45-39-33-27-21-15-9-3)106(118-75-66-60-54-48-42-36-30-24-18-12-6)104(80-94)116-73-64-58-52-46-40-34-28-22-16-10-4/h67-69,76-86H,7-66,70-75,87-90H2,1-6H3,(H,109,110)(H,111,112). The predicted molar refractivity (Wildman–Crippen MR) is 507 cm³/mol. The maximum Gasteiger partial charge on any atom is 0.335 e. The Hall–Kier alpha value is -6.96. The van der Waals surface area contributed by atoms with Gasteiger partial charge in [0.05, 0.1) is 50.8 Å². The Morgan fingerprint density at radius 2 is 0.385 bits per heavy atom. The van der Waals surface area contributed by atoms with Crippen molar-refractivity contribution in [3.63, 3.8) is 0 Å². The van der Waals surface area contributed by atoms with Crippen LogP contribution in [0.5, 0.6) is 57.5 Å². The van der Waals surface area contributed by atoms with E-state index in [1.54, 1.807) is 12.1 Å². The van der Waals surface area contributed by atoms with Gasteiger partial charge in [0.15, 0.2) is 23.0 Å². The fourth-order valence-electron chi connectivity index (χ4n) is 16.0. The van der Waals surface area contributed by atoms with Gasteiger partial charge in [0.25, 0.3) is 0 Å². The minimum absolute atomic E-state index is 0.0306. The van der Waals surface area contributed by atoms with E-state index in [0.29, 0.717) is 97.1 Å². The van der Waals surface area contributed by atoms with Crippen LogP contribution in [-0.2, 0) is 26.4 Å². The first-order valence-electron chi connectivity index (χ1n) is 50.5. The van der Waals surface area contributed by atoms with Crippen LogP contribution in [0.4, 0.5) is 0 Å². The van der Waals surface area contributed by atoms with Crippen molar-refractivity contribution in [3.8, 4) is 57.5 Å². The maximum atomic E-state index is 12.8. The number of hydrogen-bond donors (Lipinski definition) is 2. The number of carbonyl (C=O) groups is 2. The summed E-state index contributed by atoms with van der Waals surface area (Å²) >= 11 is 0. The molecule has 0 radical (unpaired) electrons. The number of aromatic carboxylic acids is 2. The van der Waals surface area contributed by atoms with E-state index in [0.717, 1.165) is 99.3 Å². The first kappa shape index (κ1) is 106. The highest BCUT2D eigenvalue weighted by atomic mass is 16.6. The lowest BCUT2D eigenvalue weighted by Crippen LogP contribution is -2.08. The molecule has 14 nitrogen and oxygen atoms in total. The average Bonchev–Trinajstić information content (AvgIpc) is 0.826. The molecule has 5 aromatic carbocycles. The summed E-state index contributed by atoms with van der Waals surface area (Å²) in [7, 11) is 0. The zero-order chi connectivity index (χ0) is 86.9. The number of ether oxygens (including phenoxy) is 10. The summed E-state index contributed by atoms with van der Waals surface area (Å²) < 4.78 is 66.2. The molecule has 0 saturated heterocycles. The summed E-state index contributed by atoms with van der Waals surface area (Å²) in [5.41, 5.74) is 3.33. The molecule has 122 heavy (non-hydrogen) atoms. The molecular weight excluding hydrogens is 1520 g/mol. The van der Waals surface area contributed by atoms with Crippen LogP contribution in [0.1, 0.15) is 470 Å². The molecule has 0 aliphatic heterocycles. The third kappa shape index (κ3) is 52.1. The van der Waals surface area contributed by atoms with Crippen molar-refractivity contribution in [2.45, 2.75) is 453 Å². The zero-order valence-electron chi connectivity index (χ0n) is 78.4. The molecule has 5 rings (SSSR count). The Bertz CT molecular complexity index is 3060. The van der Waals surface area contributed by atoms with E-state index in [1.165, 1.54) is 332 Å². The first-order valence-corrected chi connectivity index (χ1v) is 50.5. The summed E-state index contributed by atoms with van der Waals surface area (Å²) in [6.07, 6.45) is 74.2. The summed E-state index contributed by atoms with van der Waals surface area (Å²) in [6.45, 7) is 17.5. The SMILES string of the molecule is CCCCCCCCCCCCOc1cc(COc2cc(OCc3cccc(COc4cc(OCc5cc(OCCCCCCCCCCCC)c(OCCCCCCCCCCCC)c(OCCCCCCCCCCCC)c5)cc(C(=O)O)c4)c3)cc(C(=O)O)c2)cc(OCCCCCCCCCCCC)c1OCCCCCCCCCCCC. The molecule has 0 aromatic heterocycles. The largest absolute Gasteiger partial charge is 0.490 e. The van der Waals surface area contributed by atoms with Gasteiger partial charge in [-0.1, -0.05) is 406 Å². The lowest BCUT2D eigenvalue weighted by Gasteiger charge is -2.19. The van der Waals surface area contributed by atoms with E-state index < -0.39 is 11.9 Å². The second-order valence-electron chi connectivity index (χ2n) is 35.0. The number of rotatable bonds is 86. The Labute approximate surface area is 743 Å². The molecule has 0 heterocycles. The van der Waals surface area contributed by atoms with Crippen LogP contribution in [0, 0.1) is 0 Å². The summed E-state index contributed by atoms with van der Waals surface area (Å²) in [6, 6.07) is 25.3. The molecule has 2 N–H and O–H groups in total. The molecule has 0 aliphatic carbocycles. The van der Waals surface area contributed by atoms with Crippen molar-refractivity contribution in [1.82, 2.24) is 0 Å². The molecule has 14 heteroatoms. The highest BCUT2D eigenvalue weighted by molar-refractivity contribution is 5.89. The van der Waals surface area contributed by atoms with Gasteiger partial charge in [-0.2, -0.15) is 0 Å². The molecule has 0 fully saturated rings. The Balaban J connectivity index is 1.31. The Morgan fingerprint density at radius 1 is 0.205 bits per heavy atom. The molecule has 0 spiro atoms. The van der Waals surface area contributed by atoms with Crippen LogP contribution in [0.2, 0.25) is 0 Å². The summed E-state index contributed by atoms with van der Waals surface area (Å²) in [5.74, 6) is 3.02. The zero-order valence-corrected chi connectivity index (χ0v) is 78.4. The highest BCUT2D eigenvalue weighted by Crippen LogP contribution is 2.43. The lowest BCUT2D eigenvalue weighted by molar-refractivity contribution is 0.0685. The van der Waals surface area contributed by atoms with Crippen molar-refractivity contribution < 1.29 is 67.2 Å². The van der Waals surface area contributed by atoms with Crippen LogP contribution in [0.3, 0.4) is 0 Å². The predicted octanol–water partition coefficient (Wildman–Crippen LogP) is 33.2. The molecule has 690 valence electrons. The van der Waals surface area contributed by atoms with E-state index in [-0.39, 0.29) is 37.6 Å². The van der Waals surface area contributed by atoms with Gasteiger partial charge in [0.1, 0.15) is 49.4 Å². The van der Waals surface area contributed by atoms with Gasteiger partial charge in [-0.25, -0.2) is 9.59 Å². The smallest absolute Gasteiger partial charge is 0.335 e. The van der Waals surface area contributed by atoms with E-state index >= 15 is 0 Å². The highest BCUT2D eigenvalue weighted by Gasteiger charge is 2.21. The molecule has 0 bridgehead atoms. The second kappa shape index (κ2) is 73.3. The number of carboxylic acids is 2. The number of benzene rings is 5. The van der Waals surface area contributed by atoms with Crippen LogP contribution < -0.4 is 47.4 Å². The second-order valence-corrected chi connectivity index (χ2v) is 35.0. The minimum atomic E-state index is -1.11. The Kier molecular flexibility index (Phi) is 63.4. The molecule has 0 unspecified atom stereocenters. The monoisotopic (exact) mass is 1700 g/mol. The number of unbranched alkanes of at least 4 members (excludes halogenated alkanes) is 54. The van der Waals surface area contributed by atoms with Crippen LogP contribution in [0.15, 0.2) is 84.9 Å². The van der Waals surface area contributed by atoms with Crippen molar-refractivity contribution in [2.24, 2.45) is 0 Å². The van der Waals surface area contributed by atoms with Crippen LogP contribution >= 0.6 is 0 Å². The molecule has 0 amide bonds. The fourth-order valence-corrected chi connectivity index (χ4v) is 16.0. The van der Waals surface area contributed by atoms with E-state index in [4.69, 9.17) is 47.4 Å². The normalized spacial score (nSPS) is 11.3. The first-order chi connectivity index (χ1) is 60.1. The van der Waals surface area contributed by atoms with Gasteiger partial charge < -0.3 is 57.6 Å². The third-order valence-corrected chi connectivity index (χ3v) is 23.5. The minimum Gasteiger partial charge on any atom is -0.490 e. The number of carboxylic acid groups (broad SMARTS) is 2. The summed E-state index contributed by atoms with van der Waals surface area (Å²) in [4.78, 5) is 25.6. The van der Waals surface area contributed by atoms with Crippen molar-refractivity contribution in [3.05, 3.63) is 118 Å². The van der Waals surface area contributed by atoms with Crippen LogP contribution in [-0.4, -0.2) is 61.8 Å². The molecule has 5 aromatic rings. The van der Waals surface area contributed by atoms with E-state index in [1.807, 2.05) is 48.5 Å². The molecular formula is C108H174O14. The molecule has 0 aliphatic rings. The quantitative estimate of drug-likeness (QED) is 0.0353. The molecule has 0 atom stereocenters. The van der Waals surface area contributed by atoms with Crippen LogP contribution in [0.25, 0.3) is 0 Å². The average molecular weight is 1700 g/mol. The van der Waals surface area contributed by atoms with Gasteiger partial charge in [-0.05, 0) is 115 Å². The lowest BCUT2D eigenvalue weighted by atomic mass is 10.1.